The van der Waals surface area contributed by atoms with Crippen LogP contribution in [0.5, 0.6) is 0 Å². The number of nitrogens with zero attached hydrogens (tertiary/aromatic N) is 3. The van der Waals surface area contributed by atoms with Gasteiger partial charge >= 0.3 is 0 Å². The van der Waals surface area contributed by atoms with Crippen molar-refractivity contribution in [2.45, 2.75) is 48.3 Å². The molecule has 0 saturated heterocycles. The lowest BCUT2D eigenvalue weighted by Crippen LogP contribution is -2.14. The van der Waals surface area contributed by atoms with Crippen LogP contribution in [-0.4, -0.2) is 10.2 Å². The van der Waals surface area contributed by atoms with Crippen LogP contribution in [0, 0.1) is 0 Å². The Bertz CT molecular complexity index is 1220. The summed E-state index contributed by atoms with van der Waals surface area (Å²) in [7, 11) is 0. The van der Waals surface area contributed by atoms with E-state index < -0.39 is 0 Å². The average Bonchev–Trinajstić information content (AvgIpc) is 2.83. The van der Waals surface area contributed by atoms with Gasteiger partial charge in [-0.2, -0.15) is 10.2 Å². The van der Waals surface area contributed by atoms with Gasteiger partial charge in [0.15, 0.2) is 0 Å². The van der Waals surface area contributed by atoms with E-state index in [4.69, 9.17) is 0 Å². The highest BCUT2D eigenvalue weighted by atomic mass is 32.2. The number of anilines is 3. The molecule has 4 aromatic rings. The minimum absolute atomic E-state index is 1.06. The van der Waals surface area contributed by atoms with E-state index in [-0.39, 0.29) is 0 Å². The highest BCUT2D eigenvalue weighted by Gasteiger charge is 2.24. The first-order chi connectivity index (χ1) is 15.9. The van der Waals surface area contributed by atoms with E-state index >= 15 is 0 Å². The molecule has 0 fully saturated rings. The summed E-state index contributed by atoms with van der Waals surface area (Å²) >= 11 is 1.84. The van der Waals surface area contributed by atoms with Gasteiger partial charge in [0, 0.05) is 21.0 Å². The molecule has 32 heavy (non-hydrogen) atoms. The van der Waals surface area contributed by atoms with E-state index in [1.54, 1.807) is 0 Å². The maximum absolute atomic E-state index is 4.58. The Labute approximate surface area is 193 Å². The number of aryl methyl sites for hydroxylation is 1. The molecule has 0 saturated carbocycles. The van der Waals surface area contributed by atoms with Gasteiger partial charge in [0.1, 0.15) is 0 Å². The summed E-state index contributed by atoms with van der Waals surface area (Å²) in [5, 5.41) is 8.94. The van der Waals surface area contributed by atoms with Crippen LogP contribution in [-0.2, 0) is 12.8 Å². The lowest BCUT2D eigenvalue weighted by atomic mass is 9.91. The Morgan fingerprint density at radius 3 is 2.06 bits per heavy atom. The van der Waals surface area contributed by atoms with E-state index in [0.717, 1.165) is 24.1 Å². The van der Waals surface area contributed by atoms with Crippen LogP contribution in [0.3, 0.4) is 0 Å². The molecule has 0 unspecified atom stereocenters. The van der Waals surface area contributed by atoms with Crippen molar-refractivity contribution in [1.29, 1.82) is 0 Å². The van der Waals surface area contributed by atoms with Gasteiger partial charge < -0.3 is 4.90 Å². The van der Waals surface area contributed by atoms with Crippen LogP contribution >= 0.6 is 11.8 Å². The molecule has 1 aliphatic heterocycles. The molecule has 2 aliphatic rings. The Kier molecular flexibility index (Phi) is 5.16. The minimum atomic E-state index is 1.06. The monoisotopic (exact) mass is 435 g/mol. The molecule has 2 heterocycles. The SMILES string of the molecule is c1ccc2c(c1)Sc1ccccc1N2c1ccc(-c2nncc3c2CCCCCC3)cc1. The molecule has 3 aromatic carbocycles. The van der Waals surface area contributed by atoms with Gasteiger partial charge in [-0.05, 0) is 73.2 Å². The average molecular weight is 436 g/mol. The topological polar surface area (TPSA) is 29.0 Å². The molecule has 0 N–H and O–H groups in total. The molecule has 3 nitrogen and oxygen atoms in total. The second kappa shape index (κ2) is 8.44. The van der Waals surface area contributed by atoms with Crippen molar-refractivity contribution in [1.82, 2.24) is 10.2 Å². The van der Waals surface area contributed by atoms with Crippen molar-refractivity contribution >= 4 is 28.8 Å². The zero-order valence-electron chi connectivity index (χ0n) is 18.0. The molecule has 1 aliphatic carbocycles. The smallest absolute Gasteiger partial charge is 0.0964 e. The lowest BCUT2D eigenvalue weighted by molar-refractivity contribution is 0.613. The largest absolute Gasteiger partial charge is 0.308 e. The normalized spacial score (nSPS) is 15.2. The van der Waals surface area contributed by atoms with Crippen LogP contribution in [0.25, 0.3) is 11.3 Å². The van der Waals surface area contributed by atoms with Crippen LogP contribution < -0.4 is 4.90 Å². The first kappa shape index (κ1) is 19.6. The van der Waals surface area contributed by atoms with Crippen LogP contribution in [0.1, 0.15) is 36.8 Å². The zero-order chi connectivity index (χ0) is 21.3. The van der Waals surface area contributed by atoms with Crippen LogP contribution in [0.2, 0.25) is 0 Å². The van der Waals surface area contributed by atoms with Gasteiger partial charge in [0.2, 0.25) is 0 Å². The number of benzene rings is 3. The van der Waals surface area contributed by atoms with Crippen molar-refractivity contribution < 1.29 is 0 Å². The first-order valence-corrected chi connectivity index (χ1v) is 12.3. The summed E-state index contributed by atoms with van der Waals surface area (Å²) in [5.74, 6) is 0. The number of aromatic nitrogens is 2. The highest BCUT2D eigenvalue weighted by Crippen LogP contribution is 2.51. The quantitative estimate of drug-likeness (QED) is 0.284. The van der Waals surface area contributed by atoms with E-state index in [1.165, 1.54) is 63.7 Å². The lowest BCUT2D eigenvalue weighted by Gasteiger charge is -2.32. The number of para-hydroxylation sites is 2. The molecule has 4 heteroatoms. The van der Waals surface area contributed by atoms with Crippen molar-refractivity contribution in [2.75, 3.05) is 4.90 Å². The fourth-order valence-electron chi connectivity index (χ4n) is 4.89. The van der Waals surface area contributed by atoms with Gasteiger partial charge in [-0.1, -0.05) is 61.0 Å². The Morgan fingerprint density at radius 1 is 0.688 bits per heavy atom. The molecule has 0 atom stereocenters. The number of hydrogen-bond acceptors (Lipinski definition) is 4. The summed E-state index contributed by atoms with van der Waals surface area (Å²) in [6, 6.07) is 26.2. The number of rotatable bonds is 2. The first-order valence-electron chi connectivity index (χ1n) is 11.5. The second-order valence-electron chi connectivity index (χ2n) is 8.53. The van der Waals surface area contributed by atoms with Gasteiger partial charge in [0.05, 0.1) is 23.3 Å². The molecule has 158 valence electrons. The third-order valence-corrected chi connectivity index (χ3v) is 7.63. The minimum Gasteiger partial charge on any atom is -0.308 e. The third kappa shape index (κ3) is 3.49. The molecule has 0 spiro atoms. The Hall–Kier alpha value is -3.11. The summed E-state index contributed by atoms with van der Waals surface area (Å²) in [4.78, 5) is 4.93. The van der Waals surface area contributed by atoms with E-state index in [0.29, 0.717) is 0 Å². The Balaban J connectivity index is 1.41. The molecular weight excluding hydrogens is 410 g/mol. The predicted molar refractivity (Wildman–Crippen MR) is 132 cm³/mol. The molecule has 0 amide bonds. The van der Waals surface area contributed by atoms with Gasteiger partial charge in [-0.3, -0.25) is 0 Å². The predicted octanol–water partition coefficient (Wildman–Crippen LogP) is 7.74. The van der Waals surface area contributed by atoms with Crippen molar-refractivity contribution in [3.05, 3.63) is 90.1 Å². The van der Waals surface area contributed by atoms with Crippen LogP contribution in [0.4, 0.5) is 17.1 Å². The van der Waals surface area contributed by atoms with E-state index in [9.17, 15) is 0 Å². The molecule has 0 radical (unpaired) electrons. The summed E-state index contributed by atoms with van der Waals surface area (Å²) in [5.41, 5.74) is 8.63. The molecule has 6 rings (SSSR count). The molecule has 0 bridgehead atoms. The van der Waals surface area contributed by atoms with Crippen molar-refractivity contribution in [2.24, 2.45) is 0 Å². The summed E-state index contributed by atoms with van der Waals surface area (Å²) in [6.45, 7) is 0. The van der Waals surface area contributed by atoms with Crippen LogP contribution in [0.15, 0.2) is 88.8 Å². The molecular formula is C28H25N3S. The second-order valence-corrected chi connectivity index (χ2v) is 9.61. The standard InChI is InChI=1S/C28H25N3S/c1-2-4-10-23-21(9-3-1)19-29-30-28(23)20-15-17-22(18-16-20)31-24-11-5-7-13-26(24)32-27-14-8-6-12-25(27)31/h5-8,11-19H,1-4,9-10H2. The number of fused-ring (bicyclic) bond motifs is 3. The summed E-state index contributed by atoms with van der Waals surface area (Å²) < 4.78 is 0. The zero-order valence-corrected chi connectivity index (χ0v) is 18.8. The molecule has 1 aromatic heterocycles. The Morgan fingerprint density at radius 2 is 1.34 bits per heavy atom. The maximum atomic E-state index is 4.58. The van der Waals surface area contributed by atoms with Gasteiger partial charge in [-0.15, -0.1) is 0 Å². The van der Waals surface area contributed by atoms with Gasteiger partial charge in [-0.25, -0.2) is 0 Å². The maximum Gasteiger partial charge on any atom is 0.0964 e. The van der Waals surface area contributed by atoms with Crippen molar-refractivity contribution in [3.63, 3.8) is 0 Å². The van der Waals surface area contributed by atoms with Gasteiger partial charge in [0.25, 0.3) is 0 Å². The van der Waals surface area contributed by atoms with E-state index in [1.807, 2.05) is 18.0 Å². The fraction of sp³-hybridized carbons (Fsp3) is 0.214. The van der Waals surface area contributed by atoms with E-state index in [2.05, 4.69) is 87.9 Å². The summed E-state index contributed by atoms with van der Waals surface area (Å²) in [6.07, 6.45) is 9.33. The highest BCUT2D eigenvalue weighted by molar-refractivity contribution is 7.99. The fourth-order valence-corrected chi connectivity index (χ4v) is 5.95. The van der Waals surface area contributed by atoms with Crippen molar-refractivity contribution in [3.8, 4) is 11.3 Å². The third-order valence-electron chi connectivity index (χ3n) is 6.50. The number of hydrogen-bond donors (Lipinski definition) is 0.